The highest BCUT2D eigenvalue weighted by molar-refractivity contribution is 8.05. The van der Waals surface area contributed by atoms with Gasteiger partial charge >= 0.3 is 6.18 Å². The highest BCUT2D eigenvalue weighted by Gasteiger charge is 2.41. The number of alkyl halides is 3. The maximum absolute atomic E-state index is 13.5. The molecule has 3 aromatic rings. The molecule has 1 heterocycles. The minimum absolute atomic E-state index is 0.0919. The molecular formula is C28H21ClF3N3O2S. The van der Waals surface area contributed by atoms with Crippen LogP contribution in [0.5, 0.6) is 0 Å². The Balaban J connectivity index is 1.63. The highest BCUT2D eigenvalue weighted by atomic mass is 35.5. The third kappa shape index (κ3) is 6.21. The van der Waals surface area contributed by atoms with Crippen molar-refractivity contribution in [1.82, 2.24) is 5.32 Å². The molecule has 1 N–H and O–H groups in total. The van der Waals surface area contributed by atoms with E-state index in [1.165, 1.54) is 4.90 Å². The number of hydrogen-bond donors (Lipinski definition) is 1. The first kappa shape index (κ1) is 27.3. The van der Waals surface area contributed by atoms with Crippen LogP contribution >= 0.6 is 23.4 Å². The van der Waals surface area contributed by atoms with Crippen molar-refractivity contribution < 1.29 is 22.8 Å². The maximum Gasteiger partial charge on any atom is 0.416 e. The third-order valence-electron chi connectivity index (χ3n) is 5.84. The van der Waals surface area contributed by atoms with Crippen LogP contribution in [-0.2, 0) is 28.6 Å². The fraction of sp³-hybridized carbons (Fsp3) is 0.179. The number of carbonyl (C=O) groups excluding carboxylic acids is 2. The number of nitriles is 1. The van der Waals surface area contributed by atoms with Crippen molar-refractivity contribution in [3.63, 3.8) is 0 Å². The largest absolute Gasteiger partial charge is 0.416 e. The van der Waals surface area contributed by atoms with Crippen molar-refractivity contribution in [3.8, 4) is 6.07 Å². The van der Waals surface area contributed by atoms with Crippen molar-refractivity contribution in [1.29, 1.82) is 5.26 Å². The predicted molar refractivity (Wildman–Crippen MR) is 141 cm³/mol. The molecule has 4 rings (SSSR count). The van der Waals surface area contributed by atoms with E-state index in [9.17, 15) is 28.0 Å². The summed E-state index contributed by atoms with van der Waals surface area (Å²) in [6, 6.07) is 22.8. The Bertz CT molecular complexity index is 1410. The van der Waals surface area contributed by atoms with Crippen LogP contribution in [0.4, 0.5) is 18.9 Å². The van der Waals surface area contributed by atoms with Crippen LogP contribution in [0.2, 0.25) is 5.02 Å². The molecular weight excluding hydrogens is 535 g/mol. The molecule has 38 heavy (non-hydrogen) atoms. The van der Waals surface area contributed by atoms with Crippen molar-refractivity contribution in [2.45, 2.75) is 24.3 Å². The number of carbonyl (C=O) groups is 2. The van der Waals surface area contributed by atoms with Crippen LogP contribution < -0.4 is 10.2 Å². The molecule has 0 unspecified atom stereocenters. The molecule has 0 bridgehead atoms. The third-order valence-corrected chi connectivity index (χ3v) is 7.47. The van der Waals surface area contributed by atoms with E-state index in [2.05, 4.69) is 5.32 Å². The van der Waals surface area contributed by atoms with Crippen molar-refractivity contribution in [2.75, 3.05) is 11.4 Å². The lowest BCUT2D eigenvalue weighted by Gasteiger charge is -2.18. The van der Waals surface area contributed by atoms with Crippen LogP contribution in [-0.4, -0.2) is 23.6 Å². The summed E-state index contributed by atoms with van der Waals surface area (Å²) in [6.45, 7) is 0.272. The fourth-order valence-corrected chi connectivity index (χ4v) is 5.45. The van der Waals surface area contributed by atoms with Gasteiger partial charge in [-0.2, -0.15) is 18.4 Å². The summed E-state index contributed by atoms with van der Waals surface area (Å²) in [6.07, 6.45) is -4.14. The summed E-state index contributed by atoms with van der Waals surface area (Å²) in [4.78, 5) is 27.8. The van der Waals surface area contributed by atoms with Gasteiger partial charge in [-0.1, -0.05) is 71.9 Å². The second kappa shape index (κ2) is 11.8. The Labute approximate surface area is 226 Å². The second-order valence-corrected chi connectivity index (χ2v) is 10.0. The van der Waals surface area contributed by atoms with Gasteiger partial charge in [0.05, 0.1) is 10.8 Å². The second-order valence-electron chi connectivity index (χ2n) is 8.41. The monoisotopic (exact) mass is 555 g/mol. The van der Waals surface area contributed by atoms with E-state index in [-0.39, 0.29) is 34.2 Å². The molecule has 1 saturated heterocycles. The van der Waals surface area contributed by atoms with E-state index in [1.54, 1.807) is 30.3 Å². The van der Waals surface area contributed by atoms with Gasteiger partial charge in [0, 0.05) is 17.3 Å². The van der Waals surface area contributed by atoms with Crippen LogP contribution in [0.25, 0.3) is 0 Å². The zero-order valence-electron chi connectivity index (χ0n) is 19.8. The lowest BCUT2D eigenvalue weighted by atomic mass is 10.0. The number of amides is 2. The molecule has 2 amide bonds. The zero-order valence-corrected chi connectivity index (χ0v) is 21.4. The first-order valence-corrected chi connectivity index (χ1v) is 12.8. The predicted octanol–water partition coefficient (Wildman–Crippen LogP) is 6.14. The van der Waals surface area contributed by atoms with Crippen molar-refractivity contribution in [3.05, 3.63) is 111 Å². The lowest BCUT2D eigenvalue weighted by molar-refractivity contribution is -0.137. The average molecular weight is 556 g/mol. The Hall–Kier alpha value is -3.74. The topological polar surface area (TPSA) is 73.2 Å². The Morgan fingerprint density at radius 1 is 1.05 bits per heavy atom. The minimum Gasteiger partial charge on any atom is -0.351 e. The number of benzene rings is 3. The summed E-state index contributed by atoms with van der Waals surface area (Å²) in [5.74, 6) is -1.10. The molecule has 194 valence electrons. The normalized spacial score (nSPS) is 16.8. The van der Waals surface area contributed by atoms with E-state index in [0.717, 1.165) is 35.5 Å². The number of thioether (sulfide) groups is 1. The summed E-state index contributed by atoms with van der Waals surface area (Å²) in [7, 11) is 0. The first-order chi connectivity index (χ1) is 18.2. The summed E-state index contributed by atoms with van der Waals surface area (Å²) in [5.41, 5.74) is 0.458. The van der Waals surface area contributed by atoms with Crippen LogP contribution in [0.3, 0.4) is 0 Å². The van der Waals surface area contributed by atoms with Gasteiger partial charge in [-0.15, -0.1) is 0 Å². The standard InChI is InChI=1S/C28H21ClF3N3O2S/c29-23-12-11-20(28(30,31)32)15-19(23)16-24-26(37)35(21-9-5-2-6-10-21)27(38-24)22(17-33)25(36)34-14-13-18-7-3-1-4-8-18/h1-12,15,24H,13-14,16H2,(H,34,36)/b27-22-/t24-/m1/s1. The molecule has 0 radical (unpaired) electrons. The summed E-state index contributed by atoms with van der Waals surface area (Å²) < 4.78 is 39.8. The van der Waals surface area contributed by atoms with Gasteiger partial charge in [-0.3, -0.25) is 14.5 Å². The van der Waals surface area contributed by atoms with Crippen molar-refractivity contribution in [2.24, 2.45) is 0 Å². The van der Waals surface area contributed by atoms with Crippen molar-refractivity contribution >= 4 is 40.9 Å². The molecule has 1 fully saturated rings. The molecule has 1 atom stereocenters. The van der Waals surface area contributed by atoms with Crippen LogP contribution in [0.15, 0.2) is 89.5 Å². The van der Waals surface area contributed by atoms with Gasteiger partial charge in [0.2, 0.25) is 5.91 Å². The Morgan fingerprint density at radius 3 is 2.34 bits per heavy atom. The number of anilines is 1. The number of hydrogen-bond acceptors (Lipinski definition) is 4. The summed E-state index contributed by atoms with van der Waals surface area (Å²) >= 11 is 7.14. The highest BCUT2D eigenvalue weighted by Crippen LogP contribution is 2.43. The Morgan fingerprint density at radius 2 is 1.71 bits per heavy atom. The van der Waals surface area contributed by atoms with Gasteiger partial charge in [0.25, 0.3) is 5.91 Å². The smallest absolute Gasteiger partial charge is 0.351 e. The number of halogens is 4. The molecule has 1 aliphatic heterocycles. The SMILES string of the molecule is N#C/C(C(=O)NCCc1ccccc1)=C1/S[C@H](Cc2cc(C(F)(F)F)ccc2Cl)C(=O)N1c1ccccc1. The molecule has 0 spiro atoms. The van der Waals surface area contributed by atoms with Gasteiger partial charge in [0.1, 0.15) is 16.7 Å². The molecule has 0 aliphatic carbocycles. The molecule has 0 aromatic heterocycles. The number of nitrogens with zero attached hydrogens (tertiary/aromatic N) is 2. The van der Waals surface area contributed by atoms with Gasteiger partial charge in [-0.25, -0.2) is 0 Å². The minimum atomic E-state index is -4.57. The number of para-hydroxylation sites is 1. The average Bonchev–Trinajstić information content (AvgIpc) is 3.21. The maximum atomic E-state index is 13.5. The van der Waals surface area contributed by atoms with E-state index >= 15 is 0 Å². The van der Waals surface area contributed by atoms with E-state index < -0.39 is 28.8 Å². The first-order valence-electron chi connectivity index (χ1n) is 11.6. The van der Waals surface area contributed by atoms with E-state index in [1.807, 2.05) is 36.4 Å². The van der Waals surface area contributed by atoms with Gasteiger partial charge < -0.3 is 5.32 Å². The molecule has 5 nitrogen and oxygen atoms in total. The van der Waals surface area contributed by atoms with Gasteiger partial charge in [0.15, 0.2) is 0 Å². The van der Waals surface area contributed by atoms with Crippen LogP contribution in [0, 0.1) is 11.3 Å². The quantitative estimate of drug-likeness (QED) is 0.281. The van der Waals surface area contributed by atoms with E-state index in [4.69, 9.17) is 11.6 Å². The van der Waals surface area contributed by atoms with Crippen LogP contribution in [0.1, 0.15) is 16.7 Å². The molecule has 1 aliphatic rings. The lowest BCUT2D eigenvalue weighted by Crippen LogP contribution is -2.32. The zero-order chi connectivity index (χ0) is 27.3. The molecule has 3 aromatic carbocycles. The van der Waals surface area contributed by atoms with Gasteiger partial charge in [-0.05, 0) is 54.3 Å². The molecule has 10 heteroatoms. The Kier molecular flexibility index (Phi) is 8.45. The summed E-state index contributed by atoms with van der Waals surface area (Å²) in [5, 5.41) is 11.9. The number of nitrogens with one attached hydrogen (secondary N) is 1. The fourth-order valence-electron chi connectivity index (χ4n) is 3.96. The number of rotatable bonds is 7. The molecule has 0 saturated carbocycles. The van der Waals surface area contributed by atoms with E-state index in [0.29, 0.717) is 12.1 Å².